The molecular formula is C19H23N. The number of hydrogen-bond donors (Lipinski definition) is 1. The average Bonchev–Trinajstić information content (AvgIpc) is 2.52. The van der Waals surface area contributed by atoms with Gasteiger partial charge in [0.15, 0.2) is 0 Å². The molecule has 1 N–H and O–H groups in total. The van der Waals surface area contributed by atoms with Crippen LogP contribution in [0.3, 0.4) is 0 Å². The van der Waals surface area contributed by atoms with Crippen LogP contribution in [0.15, 0.2) is 60.7 Å². The molecule has 0 bridgehead atoms. The molecule has 0 spiro atoms. The van der Waals surface area contributed by atoms with Crippen LogP contribution in [0.2, 0.25) is 0 Å². The van der Waals surface area contributed by atoms with Crippen LogP contribution in [0, 0.1) is 0 Å². The molecule has 0 amide bonds. The molecular weight excluding hydrogens is 242 g/mol. The first-order valence-corrected chi connectivity index (χ1v) is 7.34. The zero-order chi connectivity index (χ0) is 14.2. The van der Waals surface area contributed by atoms with Crippen LogP contribution in [-0.2, 0) is 0 Å². The van der Waals surface area contributed by atoms with E-state index in [4.69, 9.17) is 0 Å². The minimum atomic E-state index is 0.945. The molecule has 0 saturated carbocycles. The first-order chi connectivity index (χ1) is 9.81. The zero-order valence-electron chi connectivity index (χ0n) is 12.4. The second-order valence-corrected chi connectivity index (χ2v) is 5.03. The quantitative estimate of drug-likeness (QED) is 0.743. The van der Waals surface area contributed by atoms with Gasteiger partial charge in [0.25, 0.3) is 0 Å². The summed E-state index contributed by atoms with van der Waals surface area (Å²) in [4.78, 5) is 0. The molecule has 2 rings (SSSR count). The lowest BCUT2D eigenvalue weighted by Crippen LogP contribution is -2.14. The molecule has 1 nitrogen and oxygen atoms in total. The van der Waals surface area contributed by atoms with Crippen LogP contribution in [-0.4, -0.2) is 13.1 Å². The fraction of sp³-hybridized carbons (Fsp3) is 0.263. The molecule has 0 atom stereocenters. The van der Waals surface area contributed by atoms with Crippen LogP contribution in [0.1, 0.15) is 25.8 Å². The molecule has 0 aromatic heterocycles. The first-order valence-electron chi connectivity index (χ1n) is 7.34. The molecule has 1 heteroatoms. The summed E-state index contributed by atoms with van der Waals surface area (Å²) < 4.78 is 0. The molecule has 0 saturated heterocycles. The molecule has 2 aromatic carbocycles. The minimum absolute atomic E-state index is 0.945. The standard InChI is InChI=1S/C19H23N/c1-3-14-20-15-13-16(2)17-9-11-19(12-10-17)18-7-5-4-6-8-18/h4-13,20H,3,14-15H2,1-2H3. The second-order valence-electron chi connectivity index (χ2n) is 5.03. The van der Waals surface area contributed by atoms with E-state index in [2.05, 4.69) is 73.8 Å². The van der Waals surface area contributed by atoms with E-state index < -0.39 is 0 Å². The van der Waals surface area contributed by atoms with Gasteiger partial charge in [-0.05, 0) is 42.2 Å². The molecule has 0 heterocycles. The summed E-state index contributed by atoms with van der Waals surface area (Å²) >= 11 is 0. The number of rotatable bonds is 6. The third kappa shape index (κ3) is 4.07. The van der Waals surface area contributed by atoms with Gasteiger partial charge >= 0.3 is 0 Å². The lowest BCUT2D eigenvalue weighted by atomic mass is 10.0. The van der Waals surface area contributed by atoms with E-state index in [1.165, 1.54) is 28.7 Å². The highest BCUT2D eigenvalue weighted by Gasteiger charge is 1.98. The molecule has 104 valence electrons. The number of allylic oxidation sites excluding steroid dienone is 1. The van der Waals surface area contributed by atoms with Gasteiger partial charge < -0.3 is 5.32 Å². The Labute approximate surface area is 122 Å². The molecule has 0 aliphatic carbocycles. The Morgan fingerprint density at radius 3 is 2.25 bits per heavy atom. The summed E-state index contributed by atoms with van der Waals surface area (Å²) in [5.74, 6) is 0. The monoisotopic (exact) mass is 265 g/mol. The Bertz CT molecular complexity index is 538. The lowest BCUT2D eigenvalue weighted by molar-refractivity contribution is 0.729. The summed E-state index contributed by atoms with van der Waals surface area (Å²) in [5.41, 5.74) is 5.16. The van der Waals surface area contributed by atoms with Crippen LogP contribution in [0.25, 0.3) is 16.7 Å². The minimum Gasteiger partial charge on any atom is -0.313 e. The van der Waals surface area contributed by atoms with Gasteiger partial charge in [-0.3, -0.25) is 0 Å². The lowest BCUT2D eigenvalue weighted by Gasteiger charge is -2.06. The zero-order valence-corrected chi connectivity index (χ0v) is 12.4. The van der Waals surface area contributed by atoms with Gasteiger partial charge in [0.1, 0.15) is 0 Å². The molecule has 0 unspecified atom stereocenters. The smallest absolute Gasteiger partial charge is 0.0140 e. The van der Waals surface area contributed by atoms with Crippen molar-refractivity contribution in [2.75, 3.05) is 13.1 Å². The van der Waals surface area contributed by atoms with Crippen LogP contribution in [0.5, 0.6) is 0 Å². The van der Waals surface area contributed by atoms with E-state index in [-0.39, 0.29) is 0 Å². The summed E-state index contributed by atoms with van der Waals surface area (Å²) in [6.07, 6.45) is 3.44. The summed E-state index contributed by atoms with van der Waals surface area (Å²) in [5, 5.41) is 3.40. The van der Waals surface area contributed by atoms with Crippen molar-refractivity contribution in [2.24, 2.45) is 0 Å². The predicted molar refractivity (Wildman–Crippen MR) is 88.7 cm³/mol. The van der Waals surface area contributed by atoms with Gasteiger partial charge in [-0.25, -0.2) is 0 Å². The Morgan fingerprint density at radius 2 is 1.60 bits per heavy atom. The SMILES string of the molecule is CCCNCC=C(C)c1ccc(-c2ccccc2)cc1. The van der Waals surface area contributed by atoms with E-state index >= 15 is 0 Å². The molecule has 0 fully saturated rings. The van der Waals surface area contributed by atoms with Gasteiger partial charge in [0, 0.05) is 6.54 Å². The third-order valence-corrected chi connectivity index (χ3v) is 3.43. The number of nitrogens with one attached hydrogen (secondary N) is 1. The van der Waals surface area contributed by atoms with Gasteiger partial charge in [-0.1, -0.05) is 67.6 Å². The van der Waals surface area contributed by atoms with Gasteiger partial charge in [0.05, 0.1) is 0 Å². The normalized spacial score (nSPS) is 11.6. The van der Waals surface area contributed by atoms with Gasteiger partial charge in [-0.2, -0.15) is 0 Å². The van der Waals surface area contributed by atoms with E-state index in [9.17, 15) is 0 Å². The van der Waals surface area contributed by atoms with Crippen molar-refractivity contribution in [2.45, 2.75) is 20.3 Å². The molecule has 0 aliphatic heterocycles. The number of hydrogen-bond acceptors (Lipinski definition) is 1. The van der Waals surface area contributed by atoms with Crippen molar-refractivity contribution in [1.82, 2.24) is 5.32 Å². The highest BCUT2D eigenvalue weighted by Crippen LogP contribution is 2.21. The fourth-order valence-electron chi connectivity index (χ4n) is 2.18. The van der Waals surface area contributed by atoms with Crippen molar-refractivity contribution in [3.05, 3.63) is 66.2 Å². The van der Waals surface area contributed by atoms with E-state index in [0.29, 0.717) is 0 Å². The Balaban J connectivity index is 2.04. The van der Waals surface area contributed by atoms with E-state index in [0.717, 1.165) is 13.1 Å². The molecule has 20 heavy (non-hydrogen) atoms. The predicted octanol–water partition coefficient (Wildman–Crippen LogP) is 4.76. The highest BCUT2D eigenvalue weighted by molar-refractivity contribution is 5.69. The summed E-state index contributed by atoms with van der Waals surface area (Å²) in [6, 6.07) is 19.3. The Hall–Kier alpha value is -1.86. The Kier molecular flexibility index (Phi) is 5.57. The van der Waals surface area contributed by atoms with Crippen LogP contribution >= 0.6 is 0 Å². The van der Waals surface area contributed by atoms with Gasteiger partial charge in [-0.15, -0.1) is 0 Å². The van der Waals surface area contributed by atoms with Crippen molar-refractivity contribution in [3.8, 4) is 11.1 Å². The van der Waals surface area contributed by atoms with Crippen LogP contribution in [0.4, 0.5) is 0 Å². The third-order valence-electron chi connectivity index (χ3n) is 3.43. The van der Waals surface area contributed by atoms with Crippen molar-refractivity contribution >= 4 is 5.57 Å². The fourth-order valence-corrected chi connectivity index (χ4v) is 2.18. The second kappa shape index (κ2) is 7.66. The first kappa shape index (κ1) is 14.5. The molecule has 0 radical (unpaired) electrons. The van der Waals surface area contributed by atoms with Crippen molar-refractivity contribution in [3.63, 3.8) is 0 Å². The maximum atomic E-state index is 3.40. The largest absolute Gasteiger partial charge is 0.313 e. The van der Waals surface area contributed by atoms with E-state index in [1.807, 2.05) is 6.07 Å². The van der Waals surface area contributed by atoms with Crippen LogP contribution < -0.4 is 5.32 Å². The van der Waals surface area contributed by atoms with Crippen molar-refractivity contribution < 1.29 is 0 Å². The Morgan fingerprint density at radius 1 is 0.950 bits per heavy atom. The van der Waals surface area contributed by atoms with Crippen molar-refractivity contribution in [1.29, 1.82) is 0 Å². The van der Waals surface area contributed by atoms with E-state index in [1.54, 1.807) is 0 Å². The van der Waals surface area contributed by atoms with Gasteiger partial charge in [0.2, 0.25) is 0 Å². The maximum Gasteiger partial charge on any atom is 0.0140 e. The topological polar surface area (TPSA) is 12.0 Å². The number of benzene rings is 2. The maximum absolute atomic E-state index is 3.40. The molecule has 2 aromatic rings. The average molecular weight is 265 g/mol. The molecule has 0 aliphatic rings. The summed E-state index contributed by atoms with van der Waals surface area (Å²) in [6.45, 7) is 6.38. The highest BCUT2D eigenvalue weighted by atomic mass is 14.8. The summed E-state index contributed by atoms with van der Waals surface area (Å²) in [7, 11) is 0.